The molecule has 2 aromatic heterocycles. The first-order valence-corrected chi connectivity index (χ1v) is 4.35. The molecule has 0 atom stereocenters. The number of nitrogens with zero attached hydrogens (tertiary/aromatic N) is 3. The van der Waals surface area contributed by atoms with Crippen molar-refractivity contribution in [2.75, 3.05) is 0 Å². The predicted molar refractivity (Wildman–Crippen MR) is 49.5 cm³/mol. The Balaban J connectivity index is 2.28. The van der Waals surface area contributed by atoms with Gasteiger partial charge in [-0.25, -0.2) is 9.42 Å². The minimum Gasteiger partial charge on any atom is -0.477 e. The second-order valence-electron chi connectivity index (χ2n) is 3.12. The van der Waals surface area contributed by atoms with E-state index in [1.165, 1.54) is 6.07 Å². The SMILES string of the molecule is Cc1nonc1Cn1cccc1C(=O)O. The first-order chi connectivity index (χ1) is 7.18. The van der Waals surface area contributed by atoms with Crippen LogP contribution in [0.4, 0.5) is 0 Å². The van der Waals surface area contributed by atoms with Crippen molar-refractivity contribution >= 4 is 5.97 Å². The summed E-state index contributed by atoms with van der Waals surface area (Å²) >= 11 is 0. The molecule has 0 radical (unpaired) electrons. The number of carbonyl (C=O) groups is 1. The molecule has 6 nitrogen and oxygen atoms in total. The lowest BCUT2D eigenvalue weighted by Gasteiger charge is -2.02. The zero-order valence-electron chi connectivity index (χ0n) is 8.04. The molecule has 2 heterocycles. The molecule has 15 heavy (non-hydrogen) atoms. The minimum atomic E-state index is -0.964. The maximum Gasteiger partial charge on any atom is 0.352 e. The number of aryl methyl sites for hydroxylation is 1. The van der Waals surface area contributed by atoms with E-state index >= 15 is 0 Å². The van der Waals surface area contributed by atoms with Gasteiger partial charge in [-0.15, -0.1) is 0 Å². The molecule has 2 rings (SSSR count). The van der Waals surface area contributed by atoms with Crippen molar-refractivity contribution in [3.63, 3.8) is 0 Å². The molecule has 0 spiro atoms. The number of hydrogen-bond acceptors (Lipinski definition) is 4. The summed E-state index contributed by atoms with van der Waals surface area (Å²) < 4.78 is 6.11. The van der Waals surface area contributed by atoms with Crippen LogP contribution < -0.4 is 0 Å². The molecule has 0 unspecified atom stereocenters. The van der Waals surface area contributed by atoms with Crippen LogP contribution in [-0.4, -0.2) is 26.0 Å². The molecule has 2 aromatic rings. The number of carboxylic acid groups (broad SMARTS) is 1. The van der Waals surface area contributed by atoms with Crippen molar-refractivity contribution in [3.8, 4) is 0 Å². The van der Waals surface area contributed by atoms with E-state index in [9.17, 15) is 4.79 Å². The van der Waals surface area contributed by atoms with E-state index in [1.807, 2.05) is 0 Å². The molecule has 1 N–H and O–H groups in total. The van der Waals surface area contributed by atoms with Gasteiger partial charge < -0.3 is 9.67 Å². The maximum atomic E-state index is 10.8. The van der Waals surface area contributed by atoms with Crippen molar-refractivity contribution in [2.45, 2.75) is 13.5 Å². The summed E-state index contributed by atoms with van der Waals surface area (Å²) in [7, 11) is 0. The van der Waals surface area contributed by atoms with E-state index in [4.69, 9.17) is 5.11 Å². The summed E-state index contributed by atoms with van der Waals surface area (Å²) in [6.07, 6.45) is 1.68. The Hall–Kier alpha value is -2.11. The number of aromatic carboxylic acids is 1. The minimum absolute atomic E-state index is 0.220. The van der Waals surface area contributed by atoms with E-state index in [0.29, 0.717) is 17.9 Å². The van der Waals surface area contributed by atoms with E-state index in [0.717, 1.165) is 0 Å². The van der Waals surface area contributed by atoms with E-state index in [2.05, 4.69) is 14.9 Å². The van der Waals surface area contributed by atoms with Crippen molar-refractivity contribution in [2.24, 2.45) is 0 Å². The van der Waals surface area contributed by atoms with E-state index < -0.39 is 5.97 Å². The van der Waals surface area contributed by atoms with Gasteiger partial charge in [-0.3, -0.25) is 0 Å². The van der Waals surface area contributed by atoms with Crippen LogP contribution in [0.1, 0.15) is 21.9 Å². The molecular formula is C9H9N3O3. The molecule has 0 aliphatic heterocycles. The highest BCUT2D eigenvalue weighted by molar-refractivity contribution is 5.85. The van der Waals surface area contributed by atoms with Crippen LogP contribution in [0.2, 0.25) is 0 Å². The van der Waals surface area contributed by atoms with Crippen molar-refractivity contribution in [1.29, 1.82) is 0 Å². The van der Waals surface area contributed by atoms with Crippen molar-refractivity contribution < 1.29 is 14.5 Å². The summed E-state index contributed by atoms with van der Waals surface area (Å²) in [5.74, 6) is -0.964. The fourth-order valence-corrected chi connectivity index (χ4v) is 1.30. The van der Waals surface area contributed by atoms with Crippen molar-refractivity contribution in [3.05, 3.63) is 35.4 Å². The molecule has 0 saturated heterocycles. The second kappa shape index (κ2) is 3.56. The van der Waals surface area contributed by atoms with Gasteiger partial charge in [-0.1, -0.05) is 10.3 Å². The summed E-state index contributed by atoms with van der Waals surface area (Å²) in [6.45, 7) is 2.11. The average molecular weight is 207 g/mol. The zero-order chi connectivity index (χ0) is 10.8. The molecule has 0 fully saturated rings. The topological polar surface area (TPSA) is 81.2 Å². The van der Waals surface area contributed by atoms with Crippen LogP contribution >= 0.6 is 0 Å². The monoisotopic (exact) mass is 207 g/mol. The first kappa shape index (κ1) is 9.45. The Morgan fingerprint density at radius 2 is 2.40 bits per heavy atom. The van der Waals surface area contributed by atoms with Crippen molar-refractivity contribution in [1.82, 2.24) is 14.9 Å². The van der Waals surface area contributed by atoms with Gasteiger partial charge in [-0.2, -0.15) is 0 Å². The van der Waals surface area contributed by atoms with Crippen LogP contribution in [-0.2, 0) is 6.54 Å². The highest BCUT2D eigenvalue weighted by Crippen LogP contribution is 2.08. The van der Waals surface area contributed by atoms with Gasteiger partial charge in [0.2, 0.25) is 0 Å². The number of hydrogen-bond donors (Lipinski definition) is 1. The molecule has 78 valence electrons. The van der Waals surface area contributed by atoms with Crippen LogP contribution in [0.5, 0.6) is 0 Å². The Morgan fingerprint density at radius 3 is 3.00 bits per heavy atom. The van der Waals surface area contributed by atoms with Gasteiger partial charge in [0.05, 0.1) is 6.54 Å². The molecule has 0 aliphatic rings. The zero-order valence-corrected chi connectivity index (χ0v) is 8.04. The normalized spacial score (nSPS) is 10.5. The second-order valence-corrected chi connectivity index (χ2v) is 3.12. The third-order valence-corrected chi connectivity index (χ3v) is 2.12. The van der Waals surface area contributed by atoms with Gasteiger partial charge in [-0.05, 0) is 19.1 Å². The smallest absolute Gasteiger partial charge is 0.352 e. The predicted octanol–water partition coefficient (Wildman–Crippen LogP) is 0.926. The summed E-state index contributed by atoms with van der Waals surface area (Å²) in [6, 6.07) is 3.21. The molecule has 0 bridgehead atoms. The van der Waals surface area contributed by atoms with Crippen LogP contribution in [0.3, 0.4) is 0 Å². The van der Waals surface area contributed by atoms with Gasteiger partial charge in [0.15, 0.2) is 0 Å². The summed E-state index contributed by atoms with van der Waals surface area (Å²) in [5, 5.41) is 16.2. The Bertz CT molecular complexity index is 486. The summed E-state index contributed by atoms with van der Waals surface area (Å²) in [5.41, 5.74) is 1.52. The highest BCUT2D eigenvalue weighted by atomic mass is 16.6. The Morgan fingerprint density at radius 1 is 1.60 bits per heavy atom. The molecule has 6 heteroatoms. The molecule has 0 aromatic carbocycles. The third-order valence-electron chi connectivity index (χ3n) is 2.12. The fourth-order valence-electron chi connectivity index (χ4n) is 1.30. The largest absolute Gasteiger partial charge is 0.477 e. The van der Waals surface area contributed by atoms with E-state index in [1.54, 1.807) is 23.8 Å². The Labute approximate surface area is 85.1 Å². The molecule has 0 amide bonds. The van der Waals surface area contributed by atoms with Crippen LogP contribution in [0.15, 0.2) is 23.0 Å². The maximum absolute atomic E-state index is 10.8. The number of aromatic nitrogens is 3. The van der Waals surface area contributed by atoms with Gasteiger partial charge in [0.1, 0.15) is 17.1 Å². The number of rotatable bonds is 3. The molecular weight excluding hydrogens is 198 g/mol. The number of carboxylic acids is 1. The molecule has 0 aliphatic carbocycles. The third kappa shape index (κ3) is 1.74. The standard InChI is InChI=1S/C9H9N3O3/c1-6-7(11-15-10-6)5-12-4-2-3-8(12)9(13)14/h2-4H,5H2,1H3,(H,13,14). The van der Waals surface area contributed by atoms with Gasteiger partial charge in [0, 0.05) is 6.20 Å². The fraction of sp³-hybridized carbons (Fsp3) is 0.222. The van der Waals surface area contributed by atoms with E-state index in [-0.39, 0.29) is 5.69 Å². The summed E-state index contributed by atoms with van der Waals surface area (Å²) in [4.78, 5) is 10.8. The highest BCUT2D eigenvalue weighted by Gasteiger charge is 2.12. The van der Waals surface area contributed by atoms with Gasteiger partial charge >= 0.3 is 5.97 Å². The van der Waals surface area contributed by atoms with Crippen LogP contribution in [0, 0.1) is 6.92 Å². The average Bonchev–Trinajstić information content (AvgIpc) is 2.77. The van der Waals surface area contributed by atoms with Gasteiger partial charge in [0.25, 0.3) is 0 Å². The lowest BCUT2D eigenvalue weighted by Crippen LogP contribution is -2.09. The quantitative estimate of drug-likeness (QED) is 0.809. The van der Waals surface area contributed by atoms with Crippen LogP contribution in [0.25, 0.3) is 0 Å². The molecule has 0 saturated carbocycles. The lowest BCUT2D eigenvalue weighted by atomic mass is 10.3. The first-order valence-electron chi connectivity index (χ1n) is 4.35. The Kier molecular flexibility index (Phi) is 2.24. The lowest BCUT2D eigenvalue weighted by molar-refractivity contribution is 0.0685.